The maximum absolute atomic E-state index is 12.8. The van der Waals surface area contributed by atoms with Crippen molar-refractivity contribution in [2.45, 2.75) is 70.9 Å². The van der Waals surface area contributed by atoms with E-state index in [1.807, 2.05) is 6.92 Å². The molecule has 1 aliphatic carbocycles. The van der Waals surface area contributed by atoms with Crippen molar-refractivity contribution in [3.63, 3.8) is 0 Å². The van der Waals surface area contributed by atoms with Crippen LogP contribution in [0.25, 0.3) is 0 Å². The summed E-state index contributed by atoms with van der Waals surface area (Å²) in [6.45, 7) is 4.78. The van der Waals surface area contributed by atoms with Crippen LogP contribution in [-0.2, 0) is 29.1 Å². The average Bonchev–Trinajstić information content (AvgIpc) is 3.13. The van der Waals surface area contributed by atoms with Crippen molar-refractivity contribution in [1.29, 1.82) is 0 Å². The molecule has 11 nitrogen and oxygen atoms in total. The molecule has 1 saturated heterocycles. The van der Waals surface area contributed by atoms with E-state index in [4.69, 9.17) is 14.1 Å². The summed E-state index contributed by atoms with van der Waals surface area (Å²) in [6.07, 6.45) is 5.64. The Labute approximate surface area is 171 Å². The highest BCUT2D eigenvalue weighted by molar-refractivity contribution is 7.80. The number of rotatable bonds is 9. The molecule has 0 aromatic heterocycles. The Kier molecular flexibility index (Phi) is 8.64. The van der Waals surface area contributed by atoms with Gasteiger partial charge in [0.2, 0.25) is 0 Å². The summed E-state index contributed by atoms with van der Waals surface area (Å²) in [4.78, 5) is 31.9. The number of carbonyl (C=O) groups excluding carboxylic acids is 2. The number of hydroxylamine groups is 2. The molecule has 0 aromatic carbocycles. The summed E-state index contributed by atoms with van der Waals surface area (Å²) in [5, 5.41) is 0. The molecule has 168 valence electrons. The van der Waals surface area contributed by atoms with E-state index in [1.54, 1.807) is 12.4 Å². The molecule has 1 spiro atoms. The first-order valence-corrected chi connectivity index (χ1v) is 11.3. The fraction of sp³-hybridized carbons (Fsp3) is 0.882. The Bertz CT molecular complexity index is 666. The third kappa shape index (κ3) is 6.51. The van der Waals surface area contributed by atoms with Crippen LogP contribution >= 0.6 is 0 Å². The summed E-state index contributed by atoms with van der Waals surface area (Å²) >= 11 is 0. The van der Waals surface area contributed by atoms with Crippen molar-refractivity contribution in [3.8, 4) is 0 Å². The number of nitrogens with zero attached hydrogens (tertiary/aromatic N) is 1. The molecule has 1 unspecified atom stereocenters. The van der Waals surface area contributed by atoms with Crippen LogP contribution in [0.5, 0.6) is 0 Å². The lowest BCUT2D eigenvalue weighted by Crippen LogP contribution is -2.54. The Morgan fingerprint density at radius 2 is 1.97 bits per heavy atom. The quantitative estimate of drug-likeness (QED) is 0.362. The van der Waals surface area contributed by atoms with Gasteiger partial charge in [-0.15, -0.1) is 4.28 Å². The Morgan fingerprint density at radius 1 is 1.28 bits per heavy atom. The van der Waals surface area contributed by atoms with Gasteiger partial charge in [-0.3, -0.25) is 14.2 Å². The topological polar surface area (TPSA) is 144 Å². The minimum Gasteiger partial charge on any atom is -0.381 e. The van der Waals surface area contributed by atoms with Crippen LogP contribution < -0.4 is 11.0 Å². The van der Waals surface area contributed by atoms with Gasteiger partial charge in [-0.1, -0.05) is 26.2 Å². The summed E-state index contributed by atoms with van der Waals surface area (Å²) in [5.74, 6) is -0.504. The Morgan fingerprint density at radius 3 is 2.55 bits per heavy atom. The van der Waals surface area contributed by atoms with E-state index in [2.05, 4.69) is 9.76 Å². The second kappa shape index (κ2) is 10.5. The second-order valence-corrected chi connectivity index (χ2v) is 8.51. The third-order valence-corrected chi connectivity index (χ3v) is 5.87. The van der Waals surface area contributed by atoms with Crippen molar-refractivity contribution in [2.75, 3.05) is 19.8 Å². The van der Waals surface area contributed by atoms with Crippen molar-refractivity contribution in [2.24, 2.45) is 5.41 Å². The molecule has 2 aliphatic rings. The van der Waals surface area contributed by atoms with Crippen molar-refractivity contribution >= 4 is 22.3 Å². The second-order valence-electron chi connectivity index (χ2n) is 7.49. The number of amides is 3. The van der Waals surface area contributed by atoms with E-state index in [-0.39, 0.29) is 18.1 Å². The van der Waals surface area contributed by atoms with Gasteiger partial charge in [0.1, 0.15) is 6.04 Å². The van der Waals surface area contributed by atoms with Gasteiger partial charge in [-0.05, 0) is 26.2 Å². The molecular weight excluding hydrogens is 406 g/mol. The summed E-state index contributed by atoms with van der Waals surface area (Å²) in [5.41, 5.74) is 4.04. The van der Waals surface area contributed by atoms with Crippen LogP contribution in [0.3, 0.4) is 0 Å². The number of urea groups is 1. The van der Waals surface area contributed by atoms with E-state index in [9.17, 15) is 18.0 Å². The normalized spacial score (nSPS) is 22.2. The van der Waals surface area contributed by atoms with Crippen LogP contribution in [0, 0.1) is 5.41 Å². The molecule has 2 atom stereocenters. The number of likely N-dealkylation sites (N-methyl/N-ethyl adjacent to an activating group) is 1. The molecular formula is C17H31N3O8S. The summed E-state index contributed by atoms with van der Waals surface area (Å²) in [6, 6.07) is -1.86. The van der Waals surface area contributed by atoms with Crippen molar-refractivity contribution < 1.29 is 36.4 Å². The maximum atomic E-state index is 12.8. The molecule has 0 radical (unpaired) electrons. The van der Waals surface area contributed by atoms with Gasteiger partial charge < -0.3 is 9.64 Å². The molecule has 2 rings (SSSR count). The smallest absolute Gasteiger partial charge is 0.381 e. The van der Waals surface area contributed by atoms with Crippen LogP contribution in [0.2, 0.25) is 0 Å². The number of hydrogen-bond acceptors (Lipinski definition) is 7. The lowest BCUT2D eigenvalue weighted by atomic mass is 9.78. The van der Waals surface area contributed by atoms with Gasteiger partial charge in [0, 0.05) is 25.0 Å². The highest BCUT2D eigenvalue weighted by Crippen LogP contribution is 2.45. The predicted molar refractivity (Wildman–Crippen MR) is 102 cm³/mol. The van der Waals surface area contributed by atoms with Gasteiger partial charge in [-0.25, -0.2) is 10.3 Å². The highest BCUT2D eigenvalue weighted by atomic mass is 32.3. The lowest BCUT2D eigenvalue weighted by Gasteiger charge is -2.40. The molecule has 29 heavy (non-hydrogen) atoms. The summed E-state index contributed by atoms with van der Waals surface area (Å²) < 4.78 is 39.5. The number of nitrogens with one attached hydrogen (secondary N) is 2. The molecule has 1 saturated carbocycles. The first-order valence-electron chi connectivity index (χ1n) is 9.98. The SMILES string of the molecule is CCC[C@@H](C(=O)NOC1CCOCC12CCCC2)N(CC)C(=O)NOS(=O)(=O)O. The fourth-order valence-corrected chi connectivity index (χ4v) is 4.32. The molecule has 2 fully saturated rings. The zero-order chi connectivity index (χ0) is 21.5. The first-order chi connectivity index (χ1) is 13.7. The monoisotopic (exact) mass is 437 g/mol. The largest absolute Gasteiger partial charge is 0.418 e. The number of hydrogen-bond donors (Lipinski definition) is 3. The van der Waals surface area contributed by atoms with Gasteiger partial charge in [0.15, 0.2) is 0 Å². The summed E-state index contributed by atoms with van der Waals surface area (Å²) in [7, 11) is -4.85. The Balaban J connectivity index is 2.00. The van der Waals surface area contributed by atoms with Gasteiger partial charge in [0.25, 0.3) is 5.91 Å². The zero-order valence-electron chi connectivity index (χ0n) is 16.9. The van der Waals surface area contributed by atoms with E-state index in [1.165, 1.54) is 0 Å². The molecule has 1 heterocycles. The minimum absolute atomic E-state index is 0.0864. The van der Waals surface area contributed by atoms with Crippen LogP contribution in [0.4, 0.5) is 4.79 Å². The standard InChI is InChI=1S/C17H31N3O8S/c1-3-7-13(20(4-2)16(22)19-28-29(23,24)25)15(21)18-27-14-8-11-26-12-17(14)9-5-6-10-17/h13-14H,3-12H2,1-2H3,(H,18,21)(H,19,22)(H,23,24,25)/t13-,14?/m0/s1. The minimum atomic E-state index is -4.85. The molecule has 0 bridgehead atoms. The molecule has 1 aliphatic heterocycles. The van der Waals surface area contributed by atoms with Gasteiger partial charge >= 0.3 is 16.4 Å². The number of carbonyl (C=O) groups is 2. The van der Waals surface area contributed by atoms with Gasteiger partial charge in [-0.2, -0.15) is 13.9 Å². The molecule has 3 amide bonds. The average molecular weight is 438 g/mol. The van der Waals surface area contributed by atoms with Crippen LogP contribution in [-0.4, -0.2) is 61.7 Å². The van der Waals surface area contributed by atoms with Crippen LogP contribution in [0.15, 0.2) is 0 Å². The molecule has 0 aromatic rings. The van der Waals surface area contributed by atoms with E-state index >= 15 is 0 Å². The van der Waals surface area contributed by atoms with Crippen LogP contribution in [0.1, 0.15) is 58.8 Å². The van der Waals surface area contributed by atoms with E-state index in [0.29, 0.717) is 32.5 Å². The lowest BCUT2D eigenvalue weighted by molar-refractivity contribution is -0.173. The number of ether oxygens (including phenoxy) is 1. The zero-order valence-corrected chi connectivity index (χ0v) is 17.7. The van der Waals surface area contributed by atoms with Crippen molar-refractivity contribution in [3.05, 3.63) is 0 Å². The van der Waals surface area contributed by atoms with E-state index < -0.39 is 28.4 Å². The fourth-order valence-electron chi connectivity index (χ4n) is 4.15. The highest BCUT2D eigenvalue weighted by Gasteiger charge is 2.45. The predicted octanol–water partition coefficient (Wildman–Crippen LogP) is 1.32. The Hall–Kier alpha value is -1.47. The molecule has 3 N–H and O–H groups in total. The molecule has 12 heteroatoms. The first kappa shape index (κ1) is 23.8. The van der Waals surface area contributed by atoms with Gasteiger partial charge in [0.05, 0.1) is 12.7 Å². The van der Waals surface area contributed by atoms with Crippen molar-refractivity contribution in [1.82, 2.24) is 15.9 Å². The van der Waals surface area contributed by atoms with E-state index in [0.717, 1.165) is 30.6 Å². The maximum Gasteiger partial charge on any atom is 0.418 e. The third-order valence-electron chi connectivity index (χ3n) is 5.57.